The monoisotopic (exact) mass is 646 g/mol. The van der Waals surface area contributed by atoms with E-state index in [2.05, 4.69) is 198 Å². The Kier molecular flexibility index (Phi) is 6.08. The summed E-state index contributed by atoms with van der Waals surface area (Å²) in [6.07, 6.45) is 0. The van der Waals surface area contributed by atoms with Crippen molar-refractivity contribution in [3.8, 4) is 44.5 Å². The van der Waals surface area contributed by atoms with Crippen LogP contribution < -0.4 is 26.2 Å². The molecule has 51 heavy (non-hydrogen) atoms. The molecule has 0 aliphatic carbocycles. The van der Waals surface area contributed by atoms with Gasteiger partial charge in [-0.05, 0) is 80.6 Å². The van der Waals surface area contributed by atoms with Crippen LogP contribution in [0, 0.1) is 0 Å². The molecule has 236 valence electrons. The molecule has 0 saturated carbocycles. The Hall–Kier alpha value is -6.58. The topological polar surface area (TPSA) is 6.48 Å². The van der Waals surface area contributed by atoms with Gasteiger partial charge in [0.05, 0.1) is 11.4 Å². The second-order valence-corrected chi connectivity index (χ2v) is 13.6. The molecule has 8 aromatic carbocycles. The van der Waals surface area contributed by atoms with Gasteiger partial charge in [-0.3, -0.25) is 0 Å². The first-order valence-corrected chi connectivity index (χ1v) is 17.7. The Labute approximate surface area is 298 Å². The first-order chi connectivity index (χ1) is 25.4. The molecule has 3 heterocycles. The Morgan fingerprint density at radius 3 is 1.04 bits per heavy atom. The number of nitrogens with zero attached hydrogens (tertiary/aromatic N) is 2. The summed E-state index contributed by atoms with van der Waals surface area (Å²) in [4.78, 5) is 5.13. The largest absolute Gasteiger partial charge is 0.311 e. The van der Waals surface area contributed by atoms with Crippen LogP contribution in [0.4, 0.5) is 34.1 Å². The van der Waals surface area contributed by atoms with Crippen LogP contribution in [0.5, 0.6) is 0 Å². The molecule has 0 fully saturated rings. The van der Waals surface area contributed by atoms with Crippen molar-refractivity contribution in [2.75, 3.05) is 9.80 Å². The third kappa shape index (κ3) is 3.95. The fourth-order valence-electron chi connectivity index (χ4n) is 9.08. The highest BCUT2D eigenvalue weighted by Crippen LogP contribution is 2.57. The van der Waals surface area contributed by atoms with Gasteiger partial charge in [0.25, 0.3) is 6.71 Å². The Morgan fingerprint density at radius 1 is 0.294 bits per heavy atom. The van der Waals surface area contributed by atoms with Crippen molar-refractivity contribution in [3.63, 3.8) is 0 Å². The number of anilines is 6. The lowest BCUT2D eigenvalue weighted by Gasteiger charge is -2.45. The molecule has 11 rings (SSSR count). The van der Waals surface area contributed by atoms with Crippen molar-refractivity contribution in [1.29, 1.82) is 0 Å². The zero-order chi connectivity index (χ0) is 33.5. The fourth-order valence-corrected chi connectivity index (χ4v) is 9.08. The molecule has 3 heteroatoms. The van der Waals surface area contributed by atoms with Gasteiger partial charge in [0.2, 0.25) is 0 Å². The summed E-state index contributed by atoms with van der Waals surface area (Å²) >= 11 is 0. The summed E-state index contributed by atoms with van der Waals surface area (Å²) < 4.78 is 0. The molecule has 8 aromatic rings. The normalized spacial score (nSPS) is 13.0. The Morgan fingerprint density at radius 2 is 0.647 bits per heavy atom. The van der Waals surface area contributed by atoms with Gasteiger partial charge < -0.3 is 9.80 Å². The summed E-state index contributed by atoms with van der Waals surface area (Å²) in [5.74, 6) is 0. The van der Waals surface area contributed by atoms with Crippen molar-refractivity contribution < 1.29 is 0 Å². The van der Waals surface area contributed by atoms with Gasteiger partial charge in [-0.2, -0.15) is 0 Å². The molecule has 2 nitrogen and oxygen atoms in total. The van der Waals surface area contributed by atoms with E-state index < -0.39 is 0 Å². The van der Waals surface area contributed by atoms with Crippen LogP contribution in [-0.4, -0.2) is 6.71 Å². The van der Waals surface area contributed by atoms with Gasteiger partial charge in [0, 0.05) is 39.4 Å². The van der Waals surface area contributed by atoms with Gasteiger partial charge in [-0.15, -0.1) is 0 Å². The van der Waals surface area contributed by atoms with E-state index in [0.717, 1.165) is 11.4 Å². The van der Waals surface area contributed by atoms with E-state index in [-0.39, 0.29) is 6.71 Å². The fraction of sp³-hybridized carbons (Fsp3) is 0. The van der Waals surface area contributed by atoms with Crippen LogP contribution >= 0.6 is 0 Å². The first-order valence-electron chi connectivity index (χ1n) is 17.7. The second-order valence-electron chi connectivity index (χ2n) is 13.6. The molecule has 0 radical (unpaired) electrons. The first kappa shape index (κ1) is 28.3. The number of rotatable bonds is 5. The smallest absolute Gasteiger partial charge is 0.253 e. The predicted octanol–water partition coefficient (Wildman–Crippen LogP) is 10.8. The molecule has 0 amide bonds. The third-order valence-electron chi connectivity index (χ3n) is 11.0. The molecular weight excluding hydrogens is 615 g/mol. The maximum absolute atomic E-state index is 2.57. The van der Waals surface area contributed by atoms with E-state index >= 15 is 0 Å². The molecule has 0 saturated heterocycles. The molecule has 3 aliphatic heterocycles. The highest BCUT2D eigenvalue weighted by Gasteiger charge is 2.51. The maximum atomic E-state index is 2.57. The number of fused-ring (bicyclic) bond motifs is 1. The van der Waals surface area contributed by atoms with Gasteiger partial charge >= 0.3 is 0 Å². The SMILES string of the molecule is c1ccc(-c2c(-c3ccccc3)c3c4c(c2-c2ccccc2)N(c2ccccc2)c2cccc5c2B4c2c-5cccc2N3c2ccccc2)cc1. The van der Waals surface area contributed by atoms with Gasteiger partial charge in [0.15, 0.2) is 0 Å². The van der Waals surface area contributed by atoms with Crippen LogP contribution in [0.3, 0.4) is 0 Å². The van der Waals surface area contributed by atoms with Gasteiger partial charge in [0.1, 0.15) is 0 Å². The summed E-state index contributed by atoms with van der Waals surface area (Å²) in [7, 11) is 0. The Bertz CT molecular complexity index is 2460. The number of hydrogen-bond acceptors (Lipinski definition) is 2. The standard InChI is InChI=1S/C48H31BN2/c1-6-18-32(19-7-1)41-42(33-20-8-2-9-21-33)47-46-48(43(41)34-22-10-3-11-23-34)51(36-26-14-5-15-27-36)40-31-17-29-38-37-28-16-30-39(44(37)49(46)45(38)40)50(47)35-24-12-4-13-25-35/h1-31H. The van der Waals surface area contributed by atoms with Crippen molar-refractivity contribution in [2.45, 2.75) is 0 Å². The highest BCUT2D eigenvalue weighted by atomic mass is 15.2. The minimum absolute atomic E-state index is 0.0853. The van der Waals surface area contributed by atoms with Crippen LogP contribution in [0.2, 0.25) is 0 Å². The van der Waals surface area contributed by atoms with Gasteiger partial charge in [-0.1, -0.05) is 152 Å². The van der Waals surface area contributed by atoms with E-state index in [0.29, 0.717) is 0 Å². The summed E-state index contributed by atoms with van der Waals surface area (Å²) in [5.41, 5.74) is 21.5. The van der Waals surface area contributed by atoms with E-state index in [4.69, 9.17) is 0 Å². The van der Waals surface area contributed by atoms with Crippen LogP contribution in [0.25, 0.3) is 44.5 Å². The van der Waals surface area contributed by atoms with Crippen molar-refractivity contribution in [3.05, 3.63) is 188 Å². The number of para-hydroxylation sites is 2. The summed E-state index contributed by atoms with van der Waals surface area (Å²) in [5, 5.41) is 0. The van der Waals surface area contributed by atoms with Crippen molar-refractivity contribution in [1.82, 2.24) is 0 Å². The molecule has 3 aliphatic rings. The summed E-state index contributed by atoms with van der Waals surface area (Å²) in [6.45, 7) is 0.0853. The molecule has 0 unspecified atom stereocenters. The zero-order valence-corrected chi connectivity index (χ0v) is 27.9. The molecule has 0 bridgehead atoms. The van der Waals surface area contributed by atoms with Crippen LogP contribution in [-0.2, 0) is 0 Å². The highest BCUT2D eigenvalue weighted by molar-refractivity contribution is 7.04. The van der Waals surface area contributed by atoms with Crippen molar-refractivity contribution in [2.24, 2.45) is 0 Å². The zero-order valence-electron chi connectivity index (χ0n) is 27.9. The second kappa shape index (κ2) is 11.0. The minimum atomic E-state index is 0.0853. The lowest BCUT2D eigenvalue weighted by Crippen LogP contribution is -2.59. The maximum Gasteiger partial charge on any atom is 0.253 e. The van der Waals surface area contributed by atoms with E-state index in [1.807, 2.05) is 0 Å². The third-order valence-corrected chi connectivity index (χ3v) is 11.0. The van der Waals surface area contributed by atoms with Gasteiger partial charge in [-0.25, -0.2) is 0 Å². The molecule has 0 N–H and O–H groups in total. The van der Waals surface area contributed by atoms with E-state index in [1.165, 1.54) is 83.6 Å². The van der Waals surface area contributed by atoms with Crippen LogP contribution in [0.15, 0.2) is 188 Å². The lowest BCUT2D eigenvalue weighted by molar-refractivity contribution is 1.26. The predicted molar refractivity (Wildman–Crippen MR) is 216 cm³/mol. The number of hydrogen-bond donors (Lipinski definition) is 0. The summed E-state index contributed by atoms with van der Waals surface area (Å²) in [6, 6.07) is 69.0. The van der Waals surface area contributed by atoms with Crippen molar-refractivity contribution >= 4 is 57.2 Å². The van der Waals surface area contributed by atoms with E-state index in [9.17, 15) is 0 Å². The number of benzene rings is 8. The minimum Gasteiger partial charge on any atom is -0.311 e. The molecule has 0 spiro atoms. The quantitative estimate of drug-likeness (QED) is 0.172. The molecule has 0 atom stereocenters. The Balaban J connectivity index is 1.44. The lowest BCUT2D eigenvalue weighted by atomic mass is 9.35. The van der Waals surface area contributed by atoms with Crippen LogP contribution in [0.1, 0.15) is 0 Å². The molecule has 0 aromatic heterocycles. The van der Waals surface area contributed by atoms with E-state index in [1.54, 1.807) is 0 Å². The average molecular weight is 647 g/mol. The molecular formula is C48H31BN2. The average Bonchev–Trinajstić information content (AvgIpc) is 3.56.